The van der Waals surface area contributed by atoms with Crippen LogP contribution in [0.2, 0.25) is 0 Å². The van der Waals surface area contributed by atoms with E-state index in [1.807, 2.05) is 30.3 Å². The fourth-order valence-corrected chi connectivity index (χ4v) is 2.77. The molecule has 2 heterocycles. The molecule has 2 aromatic heterocycles. The van der Waals surface area contributed by atoms with Crippen molar-refractivity contribution in [3.05, 3.63) is 78.0 Å². The van der Waals surface area contributed by atoms with Crippen LogP contribution >= 0.6 is 0 Å². The number of nitrogens with zero attached hydrogens (tertiary/aromatic N) is 5. The highest BCUT2D eigenvalue weighted by Crippen LogP contribution is 2.26. The average molecular weight is 327 g/mol. The fourth-order valence-electron chi connectivity index (χ4n) is 2.77. The van der Waals surface area contributed by atoms with Crippen molar-refractivity contribution in [2.24, 2.45) is 0 Å². The third-order valence-corrected chi connectivity index (χ3v) is 4.09. The lowest BCUT2D eigenvalue weighted by molar-refractivity contribution is 0.720. The summed E-state index contributed by atoms with van der Waals surface area (Å²) in [5.74, 6) is 0.512. The zero-order valence-electron chi connectivity index (χ0n) is 14.1. The van der Waals surface area contributed by atoms with E-state index in [0.29, 0.717) is 11.5 Å². The Morgan fingerprint density at radius 2 is 1.80 bits per heavy atom. The first-order valence-corrected chi connectivity index (χ1v) is 8.10. The lowest BCUT2D eigenvalue weighted by Gasteiger charge is -2.08. The lowest BCUT2D eigenvalue weighted by Crippen LogP contribution is -1.99. The van der Waals surface area contributed by atoms with Crippen molar-refractivity contribution < 1.29 is 0 Å². The molecule has 122 valence electrons. The van der Waals surface area contributed by atoms with Gasteiger partial charge in [0.15, 0.2) is 0 Å². The Hall–Kier alpha value is -3.34. The quantitative estimate of drug-likeness (QED) is 0.570. The predicted molar refractivity (Wildman–Crippen MR) is 97.3 cm³/mol. The van der Waals surface area contributed by atoms with Crippen molar-refractivity contribution in [2.45, 2.75) is 13.8 Å². The first-order chi connectivity index (χ1) is 12.2. The van der Waals surface area contributed by atoms with Crippen molar-refractivity contribution >= 4 is 0 Å². The number of pyridine rings is 1. The van der Waals surface area contributed by atoms with Crippen molar-refractivity contribution in [3.63, 3.8) is 0 Å². The molecule has 4 rings (SSSR count). The SMILES string of the molecule is Cc1ccc(C)c(-c2cccc(-n3nnc(-c4ccccn4)n3)c2)c1. The molecule has 25 heavy (non-hydrogen) atoms. The molecule has 0 aliphatic heterocycles. The smallest absolute Gasteiger partial charge is 0.223 e. The topological polar surface area (TPSA) is 56.5 Å². The van der Waals surface area contributed by atoms with Crippen molar-refractivity contribution in [3.8, 4) is 28.3 Å². The first kappa shape index (κ1) is 15.2. The summed E-state index contributed by atoms with van der Waals surface area (Å²) in [5.41, 5.74) is 6.40. The summed E-state index contributed by atoms with van der Waals surface area (Å²) in [5, 5.41) is 12.7. The van der Waals surface area contributed by atoms with E-state index in [1.54, 1.807) is 11.0 Å². The van der Waals surface area contributed by atoms with Gasteiger partial charge in [-0.15, -0.1) is 15.0 Å². The third-order valence-electron chi connectivity index (χ3n) is 4.09. The second kappa shape index (κ2) is 6.28. The Balaban J connectivity index is 1.73. The molecule has 0 fully saturated rings. The second-order valence-corrected chi connectivity index (χ2v) is 5.99. The Bertz CT molecular complexity index is 1020. The van der Waals surface area contributed by atoms with Gasteiger partial charge in [-0.3, -0.25) is 4.98 Å². The van der Waals surface area contributed by atoms with Crippen LogP contribution in [-0.4, -0.2) is 25.2 Å². The molecule has 0 amide bonds. The number of benzene rings is 2. The molecule has 4 aromatic rings. The van der Waals surface area contributed by atoms with Gasteiger partial charge in [0, 0.05) is 6.20 Å². The zero-order valence-corrected chi connectivity index (χ0v) is 14.1. The summed E-state index contributed by atoms with van der Waals surface area (Å²) < 4.78 is 0. The van der Waals surface area contributed by atoms with Crippen LogP contribution in [0.25, 0.3) is 28.3 Å². The van der Waals surface area contributed by atoms with Crippen LogP contribution in [0.15, 0.2) is 66.9 Å². The van der Waals surface area contributed by atoms with Gasteiger partial charge in [-0.2, -0.15) is 0 Å². The van der Waals surface area contributed by atoms with E-state index in [0.717, 1.165) is 11.3 Å². The standard InChI is InChI=1S/C20H17N5/c1-14-9-10-15(2)18(12-14)16-6-5-7-17(13-16)25-23-20(22-24-25)19-8-3-4-11-21-19/h3-13H,1-2H3. The van der Waals surface area contributed by atoms with E-state index in [-0.39, 0.29) is 0 Å². The van der Waals surface area contributed by atoms with Gasteiger partial charge in [-0.25, -0.2) is 0 Å². The van der Waals surface area contributed by atoms with E-state index in [4.69, 9.17) is 0 Å². The minimum absolute atomic E-state index is 0.512. The van der Waals surface area contributed by atoms with Crippen LogP contribution in [0.3, 0.4) is 0 Å². The largest absolute Gasteiger partial charge is 0.253 e. The van der Waals surface area contributed by atoms with E-state index >= 15 is 0 Å². The molecule has 0 radical (unpaired) electrons. The summed E-state index contributed by atoms with van der Waals surface area (Å²) in [6, 6.07) is 20.3. The maximum absolute atomic E-state index is 4.46. The highest BCUT2D eigenvalue weighted by atomic mass is 15.6. The van der Waals surface area contributed by atoms with Crippen LogP contribution in [0.5, 0.6) is 0 Å². The maximum Gasteiger partial charge on any atom is 0.223 e. The van der Waals surface area contributed by atoms with Crippen molar-refractivity contribution in [1.29, 1.82) is 0 Å². The van der Waals surface area contributed by atoms with Crippen LogP contribution in [-0.2, 0) is 0 Å². The molecule has 0 atom stereocenters. The second-order valence-electron chi connectivity index (χ2n) is 5.99. The Kier molecular flexibility index (Phi) is 3.82. The molecule has 0 aliphatic rings. The summed E-state index contributed by atoms with van der Waals surface area (Å²) in [4.78, 5) is 5.80. The van der Waals surface area contributed by atoms with Crippen molar-refractivity contribution in [2.75, 3.05) is 0 Å². The van der Waals surface area contributed by atoms with Gasteiger partial charge < -0.3 is 0 Å². The van der Waals surface area contributed by atoms with Gasteiger partial charge in [0.2, 0.25) is 5.82 Å². The average Bonchev–Trinajstić information content (AvgIpc) is 3.15. The molecular formula is C20H17N5. The summed E-state index contributed by atoms with van der Waals surface area (Å²) in [6.45, 7) is 4.22. The lowest BCUT2D eigenvalue weighted by atomic mass is 9.98. The van der Waals surface area contributed by atoms with Gasteiger partial charge in [0.25, 0.3) is 0 Å². The molecule has 5 nitrogen and oxygen atoms in total. The summed E-state index contributed by atoms with van der Waals surface area (Å²) >= 11 is 0. The Morgan fingerprint density at radius 1 is 0.880 bits per heavy atom. The summed E-state index contributed by atoms with van der Waals surface area (Å²) in [7, 11) is 0. The summed E-state index contributed by atoms with van der Waals surface area (Å²) in [6.07, 6.45) is 1.72. The van der Waals surface area contributed by atoms with Gasteiger partial charge in [-0.05, 0) is 60.0 Å². The molecular weight excluding hydrogens is 310 g/mol. The minimum Gasteiger partial charge on any atom is -0.253 e. The van der Waals surface area contributed by atoms with Crippen LogP contribution in [0.1, 0.15) is 11.1 Å². The third kappa shape index (κ3) is 3.04. The monoisotopic (exact) mass is 327 g/mol. The van der Waals surface area contributed by atoms with Crippen LogP contribution < -0.4 is 0 Å². The van der Waals surface area contributed by atoms with E-state index in [9.17, 15) is 0 Å². The normalized spacial score (nSPS) is 10.8. The predicted octanol–water partition coefficient (Wildman–Crippen LogP) is 4.01. The molecule has 2 aromatic carbocycles. The number of rotatable bonds is 3. The molecule has 0 N–H and O–H groups in total. The number of aryl methyl sites for hydroxylation is 2. The zero-order chi connectivity index (χ0) is 17.2. The van der Waals surface area contributed by atoms with E-state index in [1.165, 1.54) is 16.7 Å². The Morgan fingerprint density at radius 3 is 2.64 bits per heavy atom. The number of hydrogen-bond donors (Lipinski definition) is 0. The molecule has 0 aliphatic carbocycles. The molecule has 0 bridgehead atoms. The molecule has 0 unspecified atom stereocenters. The van der Waals surface area contributed by atoms with Gasteiger partial charge in [0.05, 0.1) is 5.69 Å². The molecule has 0 saturated heterocycles. The number of aromatic nitrogens is 5. The van der Waals surface area contributed by atoms with E-state index < -0.39 is 0 Å². The van der Waals surface area contributed by atoms with Crippen LogP contribution in [0.4, 0.5) is 0 Å². The van der Waals surface area contributed by atoms with E-state index in [2.05, 4.69) is 64.6 Å². The Labute approximate surface area is 146 Å². The molecule has 0 spiro atoms. The molecule has 0 saturated carbocycles. The van der Waals surface area contributed by atoms with Gasteiger partial charge in [0.1, 0.15) is 5.69 Å². The highest BCUT2D eigenvalue weighted by molar-refractivity contribution is 5.69. The highest BCUT2D eigenvalue weighted by Gasteiger charge is 2.09. The molecule has 5 heteroatoms. The van der Waals surface area contributed by atoms with Gasteiger partial charge in [-0.1, -0.05) is 42.0 Å². The maximum atomic E-state index is 4.46. The minimum atomic E-state index is 0.512. The fraction of sp³-hybridized carbons (Fsp3) is 0.100. The number of tetrazole rings is 1. The first-order valence-electron chi connectivity index (χ1n) is 8.10. The van der Waals surface area contributed by atoms with Gasteiger partial charge >= 0.3 is 0 Å². The number of hydrogen-bond acceptors (Lipinski definition) is 4. The van der Waals surface area contributed by atoms with Crippen molar-refractivity contribution in [1.82, 2.24) is 25.2 Å². The van der Waals surface area contributed by atoms with Crippen LogP contribution in [0, 0.1) is 13.8 Å².